The van der Waals surface area contributed by atoms with E-state index >= 15 is 0 Å². The molecule has 0 bridgehead atoms. The Morgan fingerprint density at radius 1 is 0.953 bits per heavy atom. The third kappa shape index (κ3) is 6.55. The van der Waals surface area contributed by atoms with Gasteiger partial charge in [-0.25, -0.2) is 8.78 Å². The van der Waals surface area contributed by atoms with Gasteiger partial charge in [0.25, 0.3) is 5.78 Å². The number of amides is 1. The number of carbonyl (C=O) groups is 2. The van der Waals surface area contributed by atoms with Crippen LogP contribution in [0.3, 0.4) is 0 Å². The molecule has 0 saturated carbocycles. The van der Waals surface area contributed by atoms with Crippen LogP contribution in [-0.4, -0.2) is 40.2 Å². The summed E-state index contributed by atoms with van der Waals surface area (Å²) in [5.41, 5.74) is 1.32. The summed E-state index contributed by atoms with van der Waals surface area (Å²) in [6.45, 7) is 4.60. The fraction of sp³-hybridized carbons (Fsp3) is 0.226. The lowest BCUT2D eigenvalue weighted by atomic mass is 9.95. The van der Waals surface area contributed by atoms with Crippen molar-refractivity contribution < 1.29 is 33.0 Å². The largest absolute Gasteiger partial charge is 0.507 e. The number of ketones is 1. The van der Waals surface area contributed by atoms with E-state index in [1.54, 1.807) is 30.3 Å². The molecule has 1 unspecified atom stereocenters. The third-order valence-electron chi connectivity index (χ3n) is 6.48. The Morgan fingerprint density at radius 3 is 2.33 bits per heavy atom. The molecule has 1 aromatic heterocycles. The van der Waals surface area contributed by atoms with Crippen LogP contribution >= 0.6 is 23.1 Å². The molecule has 1 N–H and O–H groups in total. The van der Waals surface area contributed by atoms with Crippen LogP contribution in [0, 0.1) is 11.6 Å². The summed E-state index contributed by atoms with van der Waals surface area (Å²) in [7, 11) is 0. The van der Waals surface area contributed by atoms with Crippen molar-refractivity contribution in [1.82, 2.24) is 10.2 Å². The number of ether oxygens (including phenoxy) is 2. The van der Waals surface area contributed by atoms with Gasteiger partial charge in [0.2, 0.25) is 5.13 Å². The molecule has 12 heteroatoms. The Kier molecular flexibility index (Phi) is 9.37. The second kappa shape index (κ2) is 13.3. The first-order chi connectivity index (χ1) is 20.8. The Balaban J connectivity index is 1.57. The van der Waals surface area contributed by atoms with Gasteiger partial charge in [-0.15, -0.1) is 10.2 Å². The van der Waals surface area contributed by atoms with E-state index in [1.807, 2.05) is 13.8 Å². The summed E-state index contributed by atoms with van der Waals surface area (Å²) in [5, 5.41) is 19.9. The van der Waals surface area contributed by atoms with Crippen LogP contribution in [0.2, 0.25) is 0 Å². The van der Waals surface area contributed by atoms with Crippen molar-refractivity contribution in [1.29, 1.82) is 0 Å². The van der Waals surface area contributed by atoms with Crippen molar-refractivity contribution in [2.24, 2.45) is 0 Å². The maximum atomic E-state index is 13.6. The number of anilines is 1. The lowest BCUT2D eigenvalue weighted by Crippen LogP contribution is -2.29. The van der Waals surface area contributed by atoms with Crippen LogP contribution < -0.4 is 14.4 Å². The van der Waals surface area contributed by atoms with E-state index in [-0.39, 0.29) is 22.1 Å². The van der Waals surface area contributed by atoms with Gasteiger partial charge in [0.1, 0.15) is 17.4 Å². The number of Topliss-reactive ketones (excluding diaryl/α,β-unsaturated/α-hetero) is 1. The number of thioether (sulfide) groups is 1. The molecule has 1 atom stereocenters. The number of carbonyl (C=O) groups excluding carboxylic acids is 2. The van der Waals surface area contributed by atoms with Gasteiger partial charge in [0.15, 0.2) is 15.8 Å². The van der Waals surface area contributed by atoms with Crippen molar-refractivity contribution in [2.75, 3.05) is 18.1 Å². The molecule has 1 fully saturated rings. The summed E-state index contributed by atoms with van der Waals surface area (Å²) in [4.78, 5) is 28.2. The van der Waals surface area contributed by atoms with Crippen molar-refractivity contribution in [2.45, 2.75) is 36.4 Å². The van der Waals surface area contributed by atoms with E-state index in [0.717, 1.165) is 35.5 Å². The standard InChI is InChI=1S/C31H27F2N3O5S2/c1-3-15-41-23-14-9-20(16-24(23)40-4-2)26-25(27(37)19-7-12-22(33)13-8-19)28(38)29(39)36(26)30-34-35-31(43-30)42-17-18-5-10-21(32)11-6-18/h5-14,16,26,37H,3-4,15,17H2,1-2H3/b27-25+. The smallest absolute Gasteiger partial charge is 0.301 e. The Bertz CT molecular complexity index is 1660. The van der Waals surface area contributed by atoms with Crippen LogP contribution in [0.4, 0.5) is 13.9 Å². The zero-order chi connectivity index (χ0) is 30.5. The molecule has 0 radical (unpaired) electrons. The number of halogens is 2. The van der Waals surface area contributed by atoms with E-state index in [9.17, 15) is 23.5 Å². The predicted octanol–water partition coefficient (Wildman–Crippen LogP) is 6.92. The van der Waals surface area contributed by atoms with Crippen molar-refractivity contribution in [3.63, 3.8) is 0 Å². The number of aliphatic hydroxyl groups excluding tert-OH is 1. The normalized spacial score (nSPS) is 16.1. The van der Waals surface area contributed by atoms with E-state index in [4.69, 9.17) is 9.47 Å². The van der Waals surface area contributed by atoms with Crippen molar-refractivity contribution in [3.05, 3.63) is 101 Å². The predicted molar refractivity (Wildman–Crippen MR) is 160 cm³/mol. The topological polar surface area (TPSA) is 102 Å². The zero-order valence-electron chi connectivity index (χ0n) is 23.3. The minimum Gasteiger partial charge on any atom is -0.507 e. The second-order valence-electron chi connectivity index (χ2n) is 9.43. The number of hydrogen-bond acceptors (Lipinski definition) is 9. The quantitative estimate of drug-likeness (QED) is 0.0632. The molecule has 1 amide bonds. The molecule has 3 aromatic carbocycles. The molecule has 1 aliphatic rings. The second-order valence-corrected chi connectivity index (χ2v) is 11.6. The average molecular weight is 624 g/mol. The van der Waals surface area contributed by atoms with Crippen LogP contribution in [0.25, 0.3) is 5.76 Å². The van der Waals surface area contributed by atoms with Gasteiger partial charge in [0, 0.05) is 11.3 Å². The van der Waals surface area contributed by atoms with Gasteiger partial charge < -0.3 is 14.6 Å². The molecule has 8 nitrogen and oxygen atoms in total. The molecule has 0 aliphatic carbocycles. The molecule has 222 valence electrons. The van der Waals surface area contributed by atoms with E-state index in [0.29, 0.717) is 40.4 Å². The van der Waals surface area contributed by atoms with E-state index in [1.165, 1.54) is 40.9 Å². The first kappa shape index (κ1) is 30.2. The molecule has 0 spiro atoms. The van der Waals surface area contributed by atoms with Crippen molar-refractivity contribution in [3.8, 4) is 11.5 Å². The Hall–Kier alpha value is -4.29. The van der Waals surface area contributed by atoms with Gasteiger partial charge in [-0.1, -0.05) is 48.2 Å². The third-order valence-corrected chi connectivity index (χ3v) is 8.61. The fourth-order valence-electron chi connectivity index (χ4n) is 4.49. The summed E-state index contributed by atoms with van der Waals surface area (Å²) in [5.74, 6) is -1.73. The number of benzene rings is 3. The fourth-order valence-corrected chi connectivity index (χ4v) is 6.31. The highest BCUT2D eigenvalue weighted by molar-refractivity contribution is 8.00. The molecule has 5 rings (SSSR count). The van der Waals surface area contributed by atoms with Gasteiger partial charge in [-0.2, -0.15) is 0 Å². The molecule has 1 aliphatic heterocycles. The number of aromatic nitrogens is 2. The highest BCUT2D eigenvalue weighted by atomic mass is 32.2. The number of nitrogens with zero attached hydrogens (tertiary/aromatic N) is 3. The van der Waals surface area contributed by atoms with E-state index in [2.05, 4.69) is 10.2 Å². The summed E-state index contributed by atoms with van der Waals surface area (Å²) >= 11 is 2.45. The Morgan fingerprint density at radius 2 is 1.65 bits per heavy atom. The highest BCUT2D eigenvalue weighted by Gasteiger charge is 2.48. The summed E-state index contributed by atoms with van der Waals surface area (Å²) in [6, 6.07) is 15.0. The molecule has 2 heterocycles. The minimum absolute atomic E-state index is 0.149. The lowest BCUT2D eigenvalue weighted by Gasteiger charge is -2.23. The monoisotopic (exact) mass is 623 g/mol. The zero-order valence-corrected chi connectivity index (χ0v) is 24.9. The summed E-state index contributed by atoms with van der Waals surface area (Å²) < 4.78 is 39.1. The molecule has 43 heavy (non-hydrogen) atoms. The summed E-state index contributed by atoms with van der Waals surface area (Å²) in [6.07, 6.45) is 0.781. The van der Waals surface area contributed by atoms with Crippen LogP contribution in [-0.2, 0) is 15.3 Å². The molecular formula is C31H27F2N3O5S2. The average Bonchev–Trinajstić information content (AvgIpc) is 3.58. The lowest BCUT2D eigenvalue weighted by molar-refractivity contribution is -0.132. The maximum Gasteiger partial charge on any atom is 0.301 e. The number of hydrogen-bond donors (Lipinski definition) is 1. The molecule has 4 aromatic rings. The minimum atomic E-state index is -1.09. The number of rotatable bonds is 11. The number of aliphatic hydroxyl groups is 1. The highest BCUT2D eigenvalue weighted by Crippen LogP contribution is 2.45. The van der Waals surface area contributed by atoms with Gasteiger partial charge in [-0.3, -0.25) is 14.5 Å². The Labute approximate surface area is 255 Å². The van der Waals surface area contributed by atoms with Gasteiger partial charge in [0.05, 0.1) is 24.8 Å². The van der Waals surface area contributed by atoms with Crippen molar-refractivity contribution >= 4 is 45.7 Å². The first-order valence-electron chi connectivity index (χ1n) is 13.5. The van der Waals surface area contributed by atoms with Crippen LogP contribution in [0.5, 0.6) is 11.5 Å². The van der Waals surface area contributed by atoms with E-state index < -0.39 is 29.3 Å². The van der Waals surface area contributed by atoms with Crippen LogP contribution in [0.1, 0.15) is 43.0 Å². The maximum absolute atomic E-state index is 13.6. The van der Waals surface area contributed by atoms with Gasteiger partial charge >= 0.3 is 5.91 Å². The molecular weight excluding hydrogens is 596 g/mol. The van der Waals surface area contributed by atoms with Gasteiger partial charge in [-0.05, 0) is 73.0 Å². The molecule has 1 saturated heterocycles. The SMILES string of the molecule is CCCOc1ccc(C2/C(=C(\O)c3ccc(F)cc3)C(=O)C(=O)N2c2nnc(SCc3ccc(F)cc3)s2)cc1OCC. The first-order valence-corrected chi connectivity index (χ1v) is 15.3. The van der Waals surface area contributed by atoms with Crippen LogP contribution in [0.15, 0.2) is 76.6 Å².